The highest BCUT2D eigenvalue weighted by molar-refractivity contribution is 7.17. The van der Waals surface area contributed by atoms with Crippen LogP contribution < -0.4 is 11.1 Å². The smallest absolute Gasteiger partial charge is 0.263 e. The third kappa shape index (κ3) is 2.68. The number of thiazole rings is 1. The van der Waals surface area contributed by atoms with Crippen LogP contribution in [0.25, 0.3) is 0 Å². The number of nitrogen functional groups attached to an aromatic ring is 1. The molecule has 4 nitrogen and oxygen atoms in total. The minimum atomic E-state index is -0.127. The molecule has 0 fully saturated rings. The number of rotatable bonds is 3. The first-order valence-corrected chi connectivity index (χ1v) is 6.48. The summed E-state index contributed by atoms with van der Waals surface area (Å²) in [6.07, 6.45) is 0. The van der Waals surface area contributed by atoms with Gasteiger partial charge in [0.1, 0.15) is 4.88 Å². The molecule has 1 unspecified atom stereocenters. The van der Waals surface area contributed by atoms with Gasteiger partial charge >= 0.3 is 0 Å². The molecule has 18 heavy (non-hydrogen) atoms. The number of aromatic nitrogens is 1. The molecule has 2 rings (SSSR count). The van der Waals surface area contributed by atoms with Crippen molar-refractivity contribution < 1.29 is 4.79 Å². The number of nitrogens with one attached hydrogen (secondary N) is 1. The normalized spacial score (nSPS) is 12.1. The van der Waals surface area contributed by atoms with Gasteiger partial charge in [-0.25, -0.2) is 4.98 Å². The first-order valence-electron chi connectivity index (χ1n) is 5.66. The molecule has 0 spiro atoms. The van der Waals surface area contributed by atoms with Gasteiger partial charge in [0.05, 0.1) is 11.7 Å². The quantitative estimate of drug-likeness (QED) is 0.892. The van der Waals surface area contributed by atoms with Crippen molar-refractivity contribution in [3.63, 3.8) is 0 Å². The van der Waals surface area contributed by atoms with Gasteiger partial charge in [-0.1, -0.05) is 41.7 Å². The van der Waals surface area contributed by atoms with Gasteiger partial charge in [0.15, 0.2) is 5.13 Å². The van der Waals surface area contributed by atoms with Crippen molar-refractivity contribution in [1.29, 1.82) is 0 Å². The van der Waals surface area contributed by atoms with E-state index in [1.807, 2.05) is 37.3 Å². The molecule has 0 aliphatic rings. The van der Waals surface area contributed by atoms with E-state index >= 15 is 0 Å². The van der Waals surface area contributed by atoms with E-state index in [1.165, 1.54) is 11.3 Å². The maximum absolute atomic E-state index is 12.1. The molecule has 5 heteroatoms. The number of hydrogen-bond acceptors (Lipinski definition) is 4. The molecule has 0 bridgehead atoms. The summed E-state index contributed by atoms with van der Waals surface area (Å²) in [5, 5.41) is 3.36. The van der Waals surface area contributed by atoms with E-state index in [4.69, 9.17) is 5.73 Å². The summed E-state index contributed by atoms with van der Waals surface area (Å²) >= 11 is 1.21. The Labute approximate surface area is 110 Å². The van der Waals surface area contributed by atoms with Crippen LogP contribution in [0.2, 0.25) is 0 Å². The summed E-state index contributed by atoms with van der Waals surface area (Å²) in [5.74, 6) is -0.127. The number of amides is 1. The molecule has 1 atom stereocenters. The van der Waals surface area contributed by atoms with E-state index in [0.717, 1.165) is 5.56 Å². The fourth-order valence-corrected chi connectivity index (χ4v) is 2.45. The molecule has 1 heterocycles. The highest BCUT2D eigenvalue weighted by Gasteiger charge is 2.16. The maximum atomic E-state index is 12.1. The van der Waals surface area contributed by atoms with Gasteiger partial charge in [0.25, 0.3) is 5.91 Å². The Morgan fingerprint density at radius 2 is 2.06 bits per heavy atom. The lowest BCUT2D eigenvalue weighted by Crippen LogP contribution is -2.26. The number of nitrogens with zero attached hydrogens (tertiary/aromatic N) is 1. The zero-order valence-corrected chi connectivity index (χ0v) is 11.1. The van der Waals surface area contributed by atoms with Gasteiger partial charge in [-0.05, 0) is 19.4 Å². The predicted octanol–water partition coefficient (Wildman–Crippen LogP) is 2.52. The fourth-order valence-electron chi connectivity index (χ4n) is 1.72. The minimum absolute atomic E-state index is 0.0403. The highest BCUT2D eigenvalue weighted by Crippen LogP contribution is 2.21. The average molecular weight is 261 g/mol. The van der Waals surface area contributed by atoms with Crippen LogP contribution >= 0.6 is 11.3 Å². The van der Waals surface area contributed by atoms with Crippen LogP contribution in [0.5, 0.6) is 0 Å². The Morgan fingerprint density at radius 3 is 2.61 bits per heavy atom. The monoisotopic (exact) mass is 261 g/mol. The van der Waals surface area contributed by atoms with E-state index in [-0.39, 0.29) is 11.9 Å². The van der Waals surface area contributed by atoms with Crippen molar-refractivity contribution in [2.45, 2.75) is 19.9 Å². The van der Waals surface area contributed by atoms with Gasteiger partial charge < -0.3 is 11.1 Å². The van der Waals surface area contributed by atoms with E-state index in [9.17, 15) is 4.79 Å². The molecule has 0 aliphatic carbocycles. The first-order chi connectivity index (χ1) is 8.58. The number of carbonyl (C=O) groups excluding carboxylic acids is 1. The van der Waals surface area contributed by atoms with Gasteiger partial charge in [0.2, 0.25) is 0 Å². The summed E-state index contributed by atoms with van der Waals surface area (Å²) in [7, 11) is 0. The van der Waals surface area contributed by atoms with E-state index < -0.39 is 0 Å². The molecular formula is C13H15N3OS. The second kappa shape index (κ2) is 5.18. The fraction of sp³-hybridized carbons (Fsp3) is 0.231. The zero-order valence-electron chi connectivity index (χ0n) is 10.3. The van der Waals surface area contributed by atoms with Crippen LogP contribution in [0, 0.1) is 6.92 Å². The van der Waals surface area contributed by atoms with Crippen LogP contribution in [-0.4, -0.2) is 10.9 Å². The number of benzene rings is 1. The molecule has 1 amide bonds. The second-order valence-electron chi connectivity index (χ2n) is 4.07. The third-order valence-corrected chi connectivity index (χ3v) is 3.65. The highest BCUT2D eigenvalue weighted by atomic mass is 32.1. The molecule has 1 aromatic carbocycles. The van der Waals surface area contributed by atoms with Crippen molar-refractivity contribution >= 4 is 22.4 Å². The minimum Gasteiger partial charge on any atom is -0.375 e. The largest absolute Gasteiger partial charge is 0.375 e. The van der Waals surface area contributed by atoms with E-state index in [1.54, 1.807) is 6.92 Å². The van der Waals surface area contributed by atoms with Gasteiger partial charge in [-0.2, -0.15) is 0 Å². The van der Waals surface area contributed by atoms with Crippen LogP contribution in [0.3, 0.4) is 0 Å². The number of aryl methyl sites for hydroxylation is 1. The Kier molecular flexibility index (Phi) is 3.62. The SMILES string of the molecule is Cc1nc(N)sc1C(=O)NC(C)c1ccccc1. The number of hydrogen-bond donors (Lipinski definition) is 2. The summed E-state index contributed by atoms with van der Waals surface area (Å²) in [5.41, 5.74) is 7.33. The molecule has 0 aliphatic heterocycles. The standard InChI is InChI=1S/C13H15N3OS/c1-8(10-6-4-3-5-7-10)15-12(17)11-9(2)16-13(14)18-11/h3-8H,1-2H3,(H2,14,16)(H,15,17). The van der Waals surface area contributed by atoms with Crippen LogP contribution in [-0.2, 0) is 0 Å². The molecular weight excluding hydrogens is 246 g/mol. The lowest BCUT2D eigenvalue weighted by molar-refractivity contribution is 0.0943. The Hall–Kier alpha value is -1.88. The lowest BCUT2D eigenvalue weighted by Gasteiger charge is -2.13. The molecule has 94 valence electrons. The lowest BCUT2D eigenvalue weighted by atomic mass is 10.1. The van der Waals surface area contributed by atoms with Crippen molar-refractivity contribution in [3.8, 4) is 0 Å². The summed E-state index contributed by atoms with van der Waals surface area (Å²) in [6, 6.07) is 9.78. The summed E-state index contributed by atoms with van der Waals surface area (Å²) in [4.78, 5) is 16.7. The Bertz CT molecular complexity index is 551. The molecule has 1 aromatic heterocycles. The predicted molar refractivity (Wildman–Crippen MR) is 73.6 cm³/mol. The van der Waals surface area contributed by atoms with Gasteiger partial charge in [-0.3, -0.25) is 4.79 Å². The zero-order chi connectivity index (χ0) is 13.1. The molecule has 2 aromatic rings. The summed E-state index contributed by atoms with van der Waals surface area (Å²) < 4.78 is 0. The van der Waals surface area contributed by atoms with Gasteiger partial charge in [-0.15, -0.1) is 0 Å². The number of carbonyl (C=O) groups is 1. The Morgan fingerprint density at radius 1 is 1.39 bits per heavy atom. The van der Waals surface area contributed by atoms with E-state index in [0.29, 0.717) is 15.7 Å². The molecule has 0 saturated heterocycles. The second-order valence-corrected chi connectivity index (χ2v) is 5.10. The third-order valence-electron chi connectivity index (χ3n) is 2.67. The maximum Gasteiger partial charge on any atom is 0.263 e. The van der Waals surface area contributed by atoms with E-state index in [2.05, 4.69) is 10.3 Å². The number of anilines is 1. The van der Waals surface area contributed by atoms with Crippen LogP contribution in [0.4, 0.5) is 5.13 Å². The van der Waals surface area contributed by atoms with Crippen molar-refractivity contribution in [1.82, 2.24) is 10.3 Å². The topological polar surface area (TPSA) is 68.0 Å². The van der Waals surface area contributed by atoms with Crippen molar-refractivity contribution in [3.05, 3.63) is 46.5 Å². The van der Waals surface area contributed by atoms with Crippen LogP contribution in [0.1, 0.15) is 33.9 Å². The molecule has 0 radical (unpaired) electrons. The number of nitrogens with two attached hydrogens (primary N) is 1. The van der Waals surface area contributed by atoms with Crippen molar-refractivity contribution in [2.24, 2.45) is 0 Å². The van der Waals surface area contributed by atoms with Crippen molar-refractivity contribution in [2.75, 3.05) is 5.73 Å². The average Bonchev–Trinajstić information content (AvgIpc) is 2.69. The van der Waals surface area contributed by atoms with Crippen LogP contribution in [0.15, 0.2) is 30.3 Å². The summed E-state index contributed by atoms with van der Waals surface area (Å²) in [6.45, 7) is 3.74. The van der Waals surface area contributed by atoms with Gasteiger partial charge in [0, 0.05) is 0 Å². The molecule has 0 saturated carbocycles. The first kappa shape index (κ1) is 12.6. The molecule has 3 N–H and O–H groups in total. The Balaban J connectivity index is 2.10.